The number of ether oxygens (including phenoxy) is 1. The SMILES string of the molecule is COc1ccc(Cl)cc1[C@@H]1C[C@H]1CNCCC1CCC(NC(=O)N(C)C)CC1. The summed E-state index contributed by atoms with van der Waals surface area (Å²) in [5, 5.41) is 7.55. The quantitative estimate of drug-likeness (QED) is 0.633. The summed E-state index contributed by atoms with van der Waals surface area (Å²) >= 11 is 6.16. The molecule has 3 rings (SSSR count). The Bertz CT molecular complexity index is 659. The fourth-order valence-electron chi connectivity index (χ4n) is 4.34. The van der Waals surface area contributed by atoms with Gasteiger partial charge >= 0.3 is 6.03 Å². The van der Waals surface area contributed by atoms with E-state index in [9.17, 15) is 4.79 Å². The molecule has 1 aromatic rings. The van der Waals surface area contributed by atoms with Crippen LogP contribution in [0.15, 0.2) is 18.2 Å². The van der Waals surface area contributed by atoms with Gasteiger partial charge in [0.05, 0.1) is 7.11 Å². The number of methoxy groups -OCH3 is 1. The molecule has 0 aliphatic heterocycles. The van der Waals surface area contributed by atoms with E-state index in [1.165, 1.54) is 31.2 Å². The Balaban J connectivity index is 1.31. The largest absolute Gasteiger partial charge is 0.496 e. The van der Waals surface area contributed by atoms with Gasteiger partial charge in [-0.2, -0.15) is 0 Å². The van der Waals surface area contributed by atoms with E-state index in [0.717, 1.165) is 42.6 Å². The van der Waals surface area contributed by atoms with Gasteiger partial charge in [-0.25, -0.2) is 4.79 Å². The Labute approximate surface area is 174 Å². The number of nitrogens with zero attached hydrogens (tertiary/aromatic N) is 1. The van der Waals surface area contributed by atoms with Crippen molar-refractivity contribution in [1.82, 2.24) is 15.5 Å². The maximum absolute atomic E-state index is 11.8. The van der Waals surface area contributed by atoms with E-state index in [4.69, 9.17) is 16.3 Å². The molecule has 2 aliphatic carbocycles. The van der Waals surface area contributed by atoms with Crippen LogP contribution in [-0.4, -0.2) is 51.3 Å². The minimum absolute atomic E-state index is 0.0282. The number of rotatable bonds is 8. The lowest BCUT2D eigenvalue weighted by molar-refractivity contribution is 0.203. The van der Waals surface area contributed by atoms with Crippen molar-refractivity contribution in [2.24, 2.45) is 11.8 Å². The highest BCUT2D eigenvalue weighted by atomic mass is 35.5. The van der Waals surface area contributed by atoms with Crippen LogP contribution in [0.25, 0.3) is 0 Å². The summed E-state index contributed by atoms with van der Waals surface area (Å²) in [5.41, 5.74) is 1.25. The van der Waals surface area contributed by atoms with E-state index < -0.39 is 0 Å². The maximum Gasteiger partial charge on any atom is 0.317 e. The second-order valence-electron chi connectivity index (χ2n) is 8.54. The fourth-order valence-corrected chi connectivity index (χ4v) is 4.52. The summed E-state index contributed by atoms with van der Waals surface area (Å²) in [4.78, 5) is 13.4. The van der Waals surface area contributed by atoms with Gasteiger partial charge in [-0.1, -0.05) is 11.6 Å². The monoisotopic (exact) mass is 407 g/mol. The number of carbonyl (C=O) groups excluding carboxylic acids is 1. The van der Waals surface area contributed by atoms with Crippen molar-refractivity contribution in [3.8, 4) is 5.75 Å². The standard InChI is InChI=1S/C22H34ClN3O2/c1-26(2)22(27)25-18-7-4-15(5-8-18)10-11-24-14-16-12-19(16)20-13-17(23)6-9-21(20)28-3/h6,9,13,15-16,18-19,24H,4-5,7-8,10-12,14H2,1-3H3,(H,25,27)/t15?,16-,18?,19+/m0/s1. The molecule has 2 atom stereocenters. The highest BCUT2D eigenvalue weighted by Crippen LogP contribution is 2.50. The zero-order valence-corrected chi connectivity index (χ0v) is 18.1. The third-order valence-electron chi connectivity index (χ3n) is 6.23. The molecule has 0 spiro atoms. The molecule has 156 valence electrons. The summed E-state index contributed by atoms with van der Waals surface area (Å²) in [5.74, 6) is 2.99. The zero-order valence-electron chi connectivity index (χ0n) is 17.3. The van der Waals surface area contributed by atoms with Crippen LogP contribution >= 0.6 is 11.6 Å². The normalized spacial score (nSPS) is 26.6. The van der Waals surface area contributed by atoms with Gasteiger partial charge in [0, 0.05) is 25.2 Å². The van der Waals surface area contributed by atoms with Gasteiger partial charge in [0.25, 0.3) is 0 Å². The highest BCUT2D eigenvalue weighted by Gasteiger charge is 2.39. The Kier molecular flexibility index (Phi) is 7.47. The molecule has 28 heavy (non-hydrogen) atoms. The number of amides is 2. The summed E-state index contributed by atoms with van der Waals surface area (Å²) in [6.45, 7) is 2.14. The van der Waals surface area contributed by atoms with Crippen molar-refractivity contribution in [2.75, 3.05) is 34.3 Å². The first-order valence-corrected chi connectivity index (χ1v) is 10.9. The van der Waals surface area contributed by atoms with Gasteiger partial charge in [0.1, 0.15) is 5.75 Å². The van der Waals surface area contributed by atoms with Crippen molar-refractivity contribution in [2.45, 2.75) is 50.5 Å². The Hall–Kier alpha value is -1.46. The molecule has 5 nitrogen and oxygen atoms in total. The second kappa shape index (κ2) is 9.84. The molecule has 0 unspecified atom stereocenters. The smallest absolute Gasteiger partial charge is 0.317 e. The number of hydrogen-bond acceptors (Lipinski definition) is 3. The van der Waals surface area contributed by atoms with Gasteiger partial charge in [0.2, 0.25) is 0 Å². The van der Waals surface area contributed by atoms with Gasteiger partial charge in [-0.05, 0) is 93.1 Å². The van der Waals surface area contributed by atoms with E-state index in [1.54, 1.807) is 26.1 Å². The molecule has 2 N–H and O–H groups in total. The average Bonchev–Trinajstić information content (AvgIpc) is 3.46. The van der Waals surface area contributed by atoms with E-state index >= 15 is 0 Å². The van der Waals surface area contributed by atoms with Gasteiger partial charge < -0.3 is 20.3 Å². The highest BCUT2D eigenvalue weighted by molar-refractivity contribution is 6.30. The molecular formula is C22H34ClN3O2. The fraction of sp³-hybridized carbons (Fsp3) is 0.682. The van der Waals surface area contributed by atoms with Crippen molar-refractivity contribution < 1.29 is 9.53 Å². The first-order valence-electron chi connectivity index (χ1n) is 10.5. The molecular weight excluding hydrogens is 374 g/mol. The number of halogens is 1. The van der Waals surface area contributed by atoms with E-state index in [-0.39, 0.29) is 6.03 Å². The van der Waals surface area contributed by atoms with Gasteiger partial charge in [0.15, 0.2) is 0 Å². The van der Waals surface area contributed by atoms with Crippen LogP contribution in [0.3, 0.4) is 0 Å². The predicted molar refractivity (Wildman–Crippen MR) is 114 cm³/mol. The maximum atomic E-state index is 11.8. The predicted octanol–water partition coefficient (Wildman–Crippen LogP) is 4.26. The van der Waals surface area contributed by atoms with Crippen LogP contribution < -0.4 is 15.4 Å². The number of carbonyl (C=O) groups is 1. The lowest BCUT2D eigenvalue weighted by Gasteiger charge is -2.30. The van der Waals surface area contributed by atoms with E-state index in [2.05, 4.69) is 16.7 Å². The van der Waals surface area contributed by atoms with E-state index in [1.807, 2.05) is 12.1 Å². The third kappa shape index (κ3) is 5.77. The van der Waals surface area contributed by atoms with E-state index in [0.29, 0.717) is 17.9 Å². The van der Waals surface area contributed by atoms with Gasteiger partial charge in [-0.3, -0.25) is 0 Å². The Morgan fingerprint density at radius 1 is 1.25 bits per heavy atom. The topological polar surface area (TPSA) is 53.6 Å². The van der Waals surface area contributed by atoms with Crippen molar-refractivity contribution in [3.05, 3.63) is 28.8 Å². The van der Waals surface area contributed by atoms with Crippen LogP contribution in [0.4, 0.5) is 4.79 Å². The number of nitrogens with one attached hydrogen (secondary N) is 2. The molecule has 1 aromatic carbocycles. The molecule has 2 amide bonds. The molecule has 0 saturated heterocycles. The molecule has 0 heterocycles. The minimum Gasteiger partial charge on any atom is -0.496 e. The molecule has 0 aromatic heterocycles. The Morgan fingerprint density at radius 2 is 2.00 bits per heavy atom. The first kappa shape index (κ1) is 21.3. The molecule has 6 heteroatoms. The van der Waals surface area contributed by atoms with Crippen LogP contribution in [-0.2, 0) is 0 Å². The summed E-state index contributed by atoms with van der Waals surface area (Å²) in [6, 6.07) is 6.29. The lowest BCUT2D eigenvalue weighted by atomic mass is 9.84. The van der Waals surface area contributed by atoms with Crippen LogP contribution in [0.5, 0.6) is 5.75 Å². The average molecular weight is 408 g/mol. The van der Waals surface area contributed by atoms with Crippen molar-refractivity contribution in [1.29, 1.82) is 0 Å². The summed E-state index contributed by atoms with van der Waals surface area (Å²) in [6.07, 6.45) is 7.07. The number of benzene rings is 1. The molecule has 0 radical (unpaired) electrons. The van der Waals surface area contributed by atoms with Crippen molar-refractivity contribution >= 4 is 17.6 Å². The van der Waals surface area contributed by atoms with Crippen LogP contribution in [0.2, 0.25) is 5.02 Å². The van der Waals surface area contributed by atoms with Crippen LogP contribution in [0.1, 0.15) is 50.0 Å². The molecule has 0 bridgehead atoms. The zero-order chi connectivity index (χ0) is 20.1. The number of hydrogen-bond donors (Lipinski definition) is 2. The van der Waals surface area contributed by atoms with Crippen LogP contribution in [0, 0.1) is 11.8 Å². The lowest BCUT2D eigenvalue weighted by Crippen LogP contribution is -2.43. The number of urea groups is 1. The molecule has 2 saturated carbocycles. The Morgan fingerprint density at radius 3 is 2.68 bits per heavy atom. The second-order valence-corrected chi connectivity index (χ2v) is 8.98. The van der Waals surface area contributed by atoms with Crippen molar-refractivity contribution in [3.63, 3.8) is 0 Å². The van der Waals surface area contributed by atoms with Gasteiger partial charge in [-0.15, -0.1) is 0 Å². The first-order chi connectivity index (χ1) is 13.5. The third-order valence-corrected chi connectivity index (χ3v) is 6.47. The molecule has 2 fully saturated rings. The minimum atomic E-state index is 0.0282. The summed E-state index contributed by atoms with van der Waals surface area (Å²) in [7, 11) is 5.31. The summed E-state index contributed by atoms with van der Waals surface area (Å²) < 4.78 is 5.49. The molecule has 2 aliphatic rings.